The molecule has 2 heterocycles. The largest absolute Gasteiger partial charge is 0.338 e. The maximum absolute atomic E-state index is 5.32. The van der Waals surface area contributed by atoms with Crippen molar-refractivity contribution in [3.05, 3.63) is 11.7 Å². The summed E-state index contributed by atoms with van der Waals surface area (Å²) in [4.78, 5) is 6.83. The van der Waals surface area contributed by atoms with E-state index in [2.05, 4.69) is 48.1 Å². The first-order valence-corrected chi connectivity index (χ1v) is 6.82. The van der Waals surface area contributed by atoms with Gasteiger partial charge in [-0.25, -0.2) is 0 Å². The number of nitrogens with one attached hydrogen (secondary N) is 1. The van der Waals surface area contributed by atoms with Gasteiger partial charge >= 0.3 is 0 Å². The van der Waals surface area contributed by atoms with E-state index in [4.69, 9.17) is 4.52 Å². The van der Waals surface area contributed by atoms with Crippen molar-refractivity contribution >= 4 is 0 Å². The molecule has 1 N–H and O–H groups in total. The van der Waals surface area contributed by atoms with E-state index in [9.17, 15) is 0 Å². The van der Waals surface area contributed by atoms with Crippen molar-refractivity contribution < 1.29 is 4.52 Å². The summed E-state index contributed by atoms with van der Waals surface area (Å²) in [6, 6.07) is 1.04. The van der Waals surface area contributed by atoms with Gasteiger partial charge in [-0.2, -0.15) is 4.98 Å². The van der Waals surface area contributed by atoms with E-state index in [1.807, 2.05) is 0 Å². The molecule has 0 spiro atoms. The predicted octanol–water partition coefficient (Wildman–Crippen LogP) is 1.45. The molecule has 1 aromatic rings. The third-order valence-corrected chi connectivity index (χ3v) is 3.09. The lowest BCUT2D eigenvalue weighted by molar-refractivity contribution is 0.149. The molecule has 102 valence electrons. The van der Waals surface area contributed by atoms with Gasteiger partial charge in [0.15, 0.2) is 5.82 Å². The maximum Gasteiger partial charge on any atom is 0.240 e. The van der Waals surface area contributed by atoms with Gasteiger partial charge in [0.2, 0.25) is 5.89 Å². The van der Waals surface area contributed by atoms with E-state index < -0.39 is 0 Å². The molecule has 2 unspecified atom stereocenters. The molecule has 5 heteroatoms. The van der Waals surface area contributed by atoms with Gasteiger partial charge in [0.1, 0.15) is 0 Å². The van der Waals surface area contributed by atoms with Crippen molar-refractivity contribution in [1.29, 1.82) is 0 Å². The molecule has 2 rings (SSSR count). The molecule has 1 aliphatic rings. The number of nitrogens with zero attached hydrogens (tertiary/aromatic N) is 3. The Morgan fingerprint density at radius 3 is 2.61 bits per heavy atom. The zero-order chi connectivity index (χ0) is 13.1. The first-order valence-electron chi connectivity index (χ1n) is 6.82. The molecule has 1 saturated heterocycles. The van der Waals surface area contributed by atoms with Crippen LogP contribution in [0.4, 0.5) is 0 Å². The van der Waals surface area contributed by atoms with Crippen LogP contribution in [0.1, 0.15) is 39.4 Å². The van der Waals surface area contributed by atoms with Gasteiger partial charge in [0.25, 0.3) is 0 Å². The van der Waals surface area contributed by atoms with Crippen molar-refractivity contribution in [3.8, 4) is 0 Å². The van der Waals surface area contributed by atoms with E-state index in [1.54, 1.807) is 0 Å². The third-order valence-electron chi connectivity index (χ3n) is 3.09. The molecule has 2 atom stereocenters. The zero-order valence-corrected chi connectivity index (χ0v) is 11.8. The second-order valence-electron chi connectivity index (χ2n) is 5.87. The van der Waals surface area contributed by atoms with Crippen LogP contribution in [0, 0.1) is 5.92 Å². The van der Waals surface area contributed by atoms with Crippen molar-refractivity contribution in [2.24, 2.45) is 5.92 Å². The summed E-state index contributed by atoms with van der Waals surface area (Å²) in [5.41, 5.74) is 0. The minimum absolute atomic E-state index is 0.520. The molecule has 0 aliphatic carbocycles. The van der Waals surface area contributed by atoms with Gasteiger partial charge in [-0.3, -0.25) is 4.90 Å². The number of hydrogen-bond acceptors (Lipinski definition) is 5. The summed E-state index contributed by atoms with van der Waals surface area (Å²) in [5.74, 6) is 2.14. The summed E-state index contributed by atoms with van der Waals surface area (Å²) in [7, 11) is 0. The van der Waals surface area contributed by atoms with Crippen LogP contribution in [0.25, 0.3) is 0 Å². The second kappa shape index (κ2) is 5.80. The van der Waals surface area contributed by atoms with Crippen LogP contribution in [0.5, 0.6) is 0 Å². The molecule has 0 bridgehead atoms. The highest BCUT2D eigenvalue weighted by atomic mass is 16.5. The van der Waals surface area contributed by atoms with E-state index in [0.29, 0.717) is 18.0 Å². The fourth-order valence-corrected chi connectivity index (χ4v) is 2.56. The topological polar surface area (TPSA) is 54.2 Å². The highest BCUT2D eigenvalue weighted by Gasteiger charge is 2.22. The highest BCUT2D eigenvalue weighted by molar-refractivity contribution is 4.89. The predicted molar refractivity (Wildman–Crippen MR) is 70.2 cm³/mol. The van der Waals surface area contributed by atoms with Crippen molar-refractivity contribution in [3.63, 3.8) is 0 Å². The SMILES string of the molecule is CC(C)Cc1noc(CN2CC(C)NC(C)C2)n1. The Morgan fingerprint density at radius 1 is 1.33 bits per heavy atom. The Kier molecular flexibility index (Phi) is 4.35. The lowest BCUT2D eigenvalue weighted by Crippen LogP contribution is -2.53. The molecule has 1 aromatic heterocycles. The van der Waals surface area contributed by atoms with Gasteiger partial charge in [-0.1, -0.05) is 19.0 Å². The van der Waals surface area contributed by atoms with Gasteiger partial charge < -0.3 is 9.84 Å². The van der Waals surface area contributed by atoms with E-state index in [1.165, 1.54) is 0 Å². The standard InChI is InChI=1S/C13H24N4O/c1-9(2)5-12-15-13(18-16-12)8-17-6-10(3)14-11(4)7-17/h9-11,14H,5-8H2,1-4H3. The summed E-state index contributed by atoms with van der Waals surface area (Å²) in [5, 5.41) is 7.55. The molecule has 5 nitrogen and oxygen atoms in total. The minimum Gasteiger partial charge on any atom is -0.338 e. The quantitative estimate of drug-likeness (QED) is 0.879. The molecule has 18 heavy (non-hydrogen) atoms. The summed E-state index contributed by atoms with van der Waals surface area (Å²) in [6.45, 7) is 11.6. The average molecular weight is 252 g/mol. The van der Waals surface area contributed by atoms with Crippen LogP contribution in [-0.4, -0.2) is 40.2 Å². The van der Waals surface area contributed by atoms with Gasteiger partial charge in [-0.15, -0.1) is 0 Å². The minimum atomic E-state index is 0.520. The Morgan fingerprint density at radius 2 is 2.00 bits per heavy atom. The van der Waals surface area contributed by atoms with Gasteiger partial charge in [0, 0.05) is 31.6 Å². The van der Waals surface area contributed by atoms with E-state index >= 15 is 0 Å². The summed E-state index contributed by atoms with van der Waals surface area (Å²) in [6.07, 6.45) is 0.887. The normalized spacial score (nSPS) is 25.8. The Bertz CT molecular complexity index is 367. The third kappa shape index (κ3) is 3.78. The molecular formula is C13H24N4O. The number of rotatable bonds is 4. The Labute approximate surface area is 109 Å². The first-order chi connectivity index (χ1) is 8.52. The second-order valence-corrected chi connectivity index (χ2v) is 5.87. The summed E-state index contributed by atoms with van der Waals surface area (Å²) < 4.78 is 5.32. The van der Waals surface area contributed by atoms with Crippen molar-refractivity contribution in [2.45, 2.75) is 52.7 Å². The molecule has 0 radical (unpaired) electrons. The lowest BCUT2D eigenvalue weighted by atomic mass is 10.1. The average Bonchev–Trinajstić information content (AvgIpc) is 2.62. The summed E-state index contributed by atoms with van der Waals surface area (Å²) >= 11 is 0. The van der Waals surface area contributed by atoms with Crippen LogP contribution in [-0.2, 0) is 13.0 Å². The smallest absolute Gasteiger partial charge is 0.240 e. The van der Waals surface area contributed by atoms with Crippen LogP contribution in [0.15, 0.2) is 4.52 Å². The van der Waals surface area contributed by atoms with Crippen molar-refractivity contribution in [1.82, 2.24) is 20.4 Å². The monoisotopic (exact) mass is 252 g/mol. The first kappa shape index (κ1) is 13.5. The highest BCUT2D eigenvalue weighted by Crippen LogP contribution is 2.10. The molecule has 0 amide bonds. The van der Waals surface area contributed by atoms with E-state index in [0.717, 1.165) is 37.8 Å². The number of piperazine rings is 1. The fraction of sp³-hybridized carbons (Fsp3) is 0.846. The van der Waals surface area contributed by atoms with Crippen molar-refractivity contribution in [2.75, 3.05) is 13.1 Å². The molecule has 0 aromatic carbocycles. The van der Waals surface area contributed by atoms with Gasteiger partial charge in [0.05, 0.1) is 6.54 Å². The van der Waals surface area contributed by atoms with E-state index in [-0.39, 0.29) is 0 Å². The number of hydrogen-bond donors (Lipinski definition) is 1. The Hall–Kier alpha value is -0.940. The van der Waals surface area contributed by atoms with Crippen LogP contribution >= 0.6 is 0 Å². The lowest BCUT2D eigenvalue weighted by Gasteiger charge is -2.35. The van der Waals surface area contributed by atoms with Crippen LogP contribution in [0.3, 0.4) is 0 Å². The Balaban J connectivity index is 1.90. The zero-order valence-electron chi connectivity index (χ0n) is 11.8. The molecule has 0 saturated carbocycles. The van der Waals surface area contributed by atoms with Crippen LogP contribution < -0.4 is 5.32 Å². The van der Waals surface area contributed by atoms with Crippen LogP contribution in [0.2, 0.25) is 0 Å². The maximum atomic E-state index is 5.32. The number of aromatic nitrogens is 2. The molecule has 1 fully saturated rings. The van der Waals surface area contributed by atoms with Gasteiger partial charge in [-0.05, 0) is 19.8 Å². The molecule has 1 aliphatic heterocycles. The molecular weight excluding hydrogens is 228 g/mol. The fourth-order valence-electron chi connectivity index (χ4n) is 2.56.